The number of ether oxygens (including phenoxy) is 2. The Hall–Kier alpha value is -1.56. The molecule has 0 fully saturated rings. The maximum absolute atomic E-state index is 11.4. The van der Waals surface area contributed by atoms with E-state index in [0.717, 1.165) is 0 Å². The maximum Gasteiger partial charge on any atom is 0.344 e. The van der Waals surface area contributed by atoms with Gasteiger partial charge in [-0.05, 0) is 34.1 Å². The summed E-state index contributed by atoms with van der Waals surface area (Å²) in [6.45, 7) is -0.411. The normalized spacial score (nSPS) is 9.62. The first-order valence-electron chi connectivity index (χ1n) is 4.33. The minimum Gasteiger partial charge on any atom is -0.466 e. The number of benzene rings is 1. The van der Waals surface area contributed by atoms with Crippen molar-refractivity contribution in [2.75, 3.05) is 19.5 Å². The van der Waals surface area contributed by atoms with Crippen molar-refractivity contribution < 1.29 is 19.1 Å². The van der Waals surface area contributed by atoms with Gasteiger partial charge in [0.2, 0.25) is 0 Å². The number of carbonyl (C=O) groups is 2. The summed E-state index contributed by atoms with van der Waals surface area (Å²) < 4.78 is 9.71. The number of nitrogen functional groups attached to an aromatic ring is 1. The van der Waals surface area contributed by atoms with Gasteiger partial charge in [-0.15, -0.1) is 0 Å². The van der Waals surface area contributed by atoms with Crippen molar-refractivity contribution in [1.29, 1.82) is 0 Å². The fourth-order valence-corrected chi connectivity index (χ4v) is 1.18. The van der Waals surface area contributed by atoms with Crippen LogP contribution < -0.4 is 5.73 Å². The molecule has 16 heavy (non-hydrogen) atoms. The van der Waals surface area contributed by atoms with Crippen LogP contribution in [-0.4, -0.2) is 25.7 Å². The first kappa shape index (κ1) is 12.5. The molecule has 0 saturated heterocycles. The summed E-state index contributed by atoms with van der Waals surface area (Å²) in [5, 5.41) is 0. The summed E-state index contributed by atoms with van der Waals surface area (Å²) in [5.41, 5.74) is 6.30. The first-order valence-corrected chi connectivity index (χ1v) is 5.13. The van der Waals surface area contributed by atoms with Crippen LogP contribution >= 0.6 is 15.9 Å². The third-order valence-corrected chi connectivity index (χ3v) is 2.50. The summed E-state index contributed by atoms with van der Waals surface area (Å²) in [6, 6.07) is 4.63. The van der Waals surface area contributed by atoms with E-state index in [1.54, 1.807) is 12.1 Å². The number of methoxy groups -OCH3 is 1. The molecule has 2 N–H and O–H groups in total. The Balaban J connectivity index is 2.66. The van der Waals surface area contributed by atoms with E-state index in [1.807, 2.05) is 0 Å². The van der Waals surface area contributed by atoms with Crippen LogP contribution in [0.5, 0.6) is 0 Å². The predicted octanol–water partition coefficient (Wildman–Crippen LogP) is 1.36. The van der Waals surface area contributed by atoms with E-state index in [-0.39, 0.29) is 5.56 Å². The Bertz CT molecular complexity index is 419. The van der Waals surface area contributed by atoms with Gasteiger partial charge in [0.05, 0.1) is 12.7 Å². The molecule has 0 radical (unpaired) electrons. The Morgan fingerprint density at radius 3 is 2.69 bits per heavy atom. The zero-order valence-electron chi connectivity index (χ0n) is 8.53. The SMILES string of the molecule is COC(=O)COC(=O)c1ccc(Br)c(N)c1. The van der Waals surface area contributed by atoms with E-state index < -0.39 is 18.5 Å². The summed E-state index contributed by atoms with van der Waals surface area (Å²) in [7, 11) is 1.22. The van der Waals surface area contributed by atoms with Crippen LogP contribution in [0.3, 0.4) is 0 Å². The number of halogens is 1. The van der Waals surface area contributed by atoms with Gasteiger partial charge < -0.3 is 15.2 Å². The standard InChI is InChI=1S/C10H10BrNO4/c1-15-9(13)5-16-10(14)6-2-3-7(11)8(12)4-6/h2-4H,5,12H2,1H3. The largest absolute Gasteiger partial charge is 0.466 e. The number of anilines is 1. The van der Waals surface area contributed by atoms with Crippen molar-refractivity contribution in [3.63, 3.8) is 0 Å². The molecular formula is C10H10BrNO4. The van der Waals surface area contributed by atoms with E-state index in [4.69, 9.17) is 10.5 Å². The maximum atomic E-state index is 11.4. The van der Waals surface area contributed by atoms with Crippen LogP contribution in [0.4, 0.5) is 5.69 Å². The molecule has 5 nitrogen and oxygen atoms in total. The smallest absolute Gasteiger partial charge is 0.344 e. The highest BCUT2D eigenvalue weighted by Crippen LogP contribution is 2.20. The van der Waals surface area contributed by atoms with E-state index in [0.29, 0.717) is 10.2 Å². The molecule has 0 saturated carbocycles. The van der Waals surface area contributed by atoms with Crippen molar-refractivity contribution >= 4 is 33.6 Å². The molecule has 0 aliphatic carbocycles. The summed E-state index contributed by atoms with van der Waals surface area (Å²) in [6.07, 6.45) is 0. The van der Waals surface area contributed by atoms with E-state index in [1.165, 1.54) is 13.2 Å². The minimum atomic E-state index is -0.621. The van der Waals surface area contributed by atoms with E-state index in [2.05, 4.69) is 20.7 Å². The Kier molecular flexibility index (Phi) is 4.30. The molecule has 0 aliphatic heterocycles. The molecule has 0 bridgehead atoms. The summed E-state index contributed by atoms with van der Waals surface area (Å²) >= 11 is 3.20. The lowest BCUT2D eigenvalue weighted by Crippen LogP contribution is -2.15. The Morgan fingerprint density at radius 1 is 1.44 bits per heavy atom. The molecule has 0 unspecified atom stereocenters. The van der Waals surface area contributed by atoms with E-state index in [9.17, 15) is 9.59 Å². The van der Waals surface area contributed by atoms with Crippen LogP contribution in [0.15, 0.2) is 22.7 Å². The van der Waals surface area contributed by atoms with Crippen molar-refractivity contribution in [1.82, 2.24) is 0 Å². The molecule has 1 aromatic carbocycles. The number of carbonyl (C=O) groups excluding carboxylic acids is 2. The molecule has 86 valence electrons. The second-order valence-electron chi connectivity index (χ2n) is 2.89. The van der Waals surface area contributed by atoms with Crippen LogP contribution in [0.1, 0.15) is 10.4 Å². The molecule has 0 aromatic heterocycles. The predicted molar refractivity (Wildman–Crippen MR) is 60.9 cm³/mol. The van der Waals surface area contributed by atoms with E-state index >= 15 is 0 Å². The number of nitrogens with two attached hydrogens (primary N) is 1. The van der Waals surface area contributed by atoms with Crippen molar-refractivity contribution in [2.45, 2.75) is 0 Å². The van der Waals surface area contributed by atoms with Crippen molar-refractivity contribution in [2.24, 2.45) is 0 Å². The lowest BCUT2D eigenvalue weighted by molar-refractivity contribution is -0.144. The van der Waals surface area contributed by atoms with Gasteiger partial charge in [-0.25, -0.2) is 9.59 Å². The van der Waals surface area contributed by atoms with Gasteiger partial charge in [0.25, 0.3) is 0 Å². The molecule has 1 aromatic rings. The minimum absolute atomic E-state index is 0.282. The highest BCUT2D eigenvalue weighted by molar-refractivity contribution is 9.10. The molecule has 1 rings (SSSR count). The van der Waals surface area contributed by atoms with Gasteiger partial charge in [0.15, 0.2) is 6.61 Å². The number of hydrogen-bond donors (Lipinski definition) is 1. The third kappa shape index (κ3) is 3.23. The number of rotatable bonds is 3. The Labute approximate surface area is 101 Å². The molecule has 0 atom stereocenters. The molecule has 0 amide bonds. The van der Waals surface area contributed by atoms with Crippen LogP contribution in [0.2, 0.25) is 0 Å². The number of hydrogen-bond acceptors (Lipinski definition) is 5. The van der Waals surface area contributed by atoms with Gasteiger partial charge >= 0.3 is 11.9 Å². The first-order chi connectivity index (χ1) is 7.54. The van der Waals surface area contributed by atoms with Gasteiger partial charge in [-0.2, -0.15) is 0 Å². The lowest BCUT2D eigenvalue weighted by atomic mass is 10.2. The molecule has 0 aliphatic rings. The van der Waals surface area contributed by atoms with Crippen LogP contribution in [0.25, 0.3) is 0 Å². The molecule has 0 heterocycles. The highest BCUT2D eigenvalue weighted by Gasteiger charge is 2.11. The third-order valence-electron chi connectivity index (χ3n) is 1.78. The zero-order valence-corrected chi connectivity index (χ0v) is 10.1. The van der Waals surface area contributed by atoms with Crippen molar-refractivity contribution in [3.05, 3.63) is 28.2 Å². The van der Waals surface area contributed by atoms with Crippen molar-refractivity contribution in [3.8, 4) is 0 Å². The van der Waals surface area contributed by atoms with Crippen LogP contribution in [0, 0.1) is 0 Å². The van der Waals surface area contributed by atoms with Gasteiger partial charge in [-0.1, -0.05) is 0 Å². The van der Waals surface area contributed by atoms with Gasteiger partial charge in [0.1, 0.15) is 0 Å². The zero-order chi connectivity index (χ0) is 12.1. The number of esters is 2. The molecular weight excluding hydrogens is 278 g/mol. The average molecular weight is 288 g/mol. The fourth-order valence-electron chi connectivity index (χ4n) is 0.937. The second kappa shape index (κ2) is 5.50. The summed E-state index contributed by atoms with van der Waals surface area (Å²) in [5.74, 6) is -1.23. The topological polar surface area (TPSA) is 78.6 Å². The quantitative estimate of drug-likeness (QED) is 0.671. The lowest BCUT2D eigenvalue weighted by Gasteiger charge is -2.04. The van der Waals surface area contributed by atoms with Gasteiger partial charge in [0, 0.05) is 10.2 Å². The Morgan fingerprint density at radius 2 is 2.12 bits per heavy atom. The second-order valence-corrected chi connectivity index (χ2v) is 3.74. The monoisotopic (exact) mass is 287 g/mol. The average Bonchev–Trinajstić information content (AvgIpc) is 2.29. The van der Waals surface area contributed by atoms with Gasteiger partial charge in [-0.3, -0.25) is 0 Å². The highest BCUT2D eigenvalue weighted by atomic mass is 79.9. The molecule has 6 heteroatoms. The fraction of sp³-hybridized carbons (Fsp3) is 0.200. The molecule has 0 spiro atoms. The summed E-state index contributed by atoms with van der Waals surface area (Å²) in [4.78, 5) is 22.2. The van der Waals surface area contributed by atoms with Crippen LogP contribution in [-0.2, 0) is 14.3 Å².